The van der Waals surface area contributed by atoms with E-state index in [1.807, 2.05) is 12.2 Å². The molecule has 0 saturated heterocycles. The van der Waals surface area contributed by atoms with Crippen molar-refractivity contribution in [2.24, 2.45) is 0 Å². The minimum atomic E-state index is -4.77. The summed E-state index contributed by atoms with van der Waals surface area (Å²) in [6.45, 7) is 4.47. The molecular formula is C66H117O11P. The van der Waals surface area contributed by atoms with E-state index in [0.29, 0.717) is 19.3 Å². The van der Waals surface area contributed by atoms with Gasteiger partial charge in [0.05, 0.1) is 26.2 Å². The first-order valence-electron chi connectivity index (χ1n) is 31.8. The molecule has 0 aliphatic carbocycles. The van der Waals surface area contributed by atoms with Gasteiger partial charge in [-0.3, -0.25) is 23.4 Å². The van der Waals surface area contributed by atoms with Gasteiger partial charge in [0, 0.05) is 12.8 Å². The summed E-state index contributed by atoms with van der Waals surface area (Å²) >= 11 is 0. The van der Waals surface area contributed by atoms with Crippen molar-refractivity contribution in [2.75, 3.05) is 26.4 Å². The topological polar surface area (TPSA) is 155 Å². The SMILES string of the molecule is CC/C=C\C/C=C\C/C=C\C/C=C\C/C=C\CC(=O)OCC(COP(=O)(O)OCC(CO)OC(=O)CCCCCCCCCCCCCCCCCCC)OC(=O)CCCCCCCCCCC/C=C\CCCCCCCC. The first kappa shape index (κ1) is 74.9. The smallest absolute Gasteiger partial charge is 0.461 e. The maximum absolute atomic E-state index is 12.9. The molecule has 11 nitrogen and oxygen atoms in total. The third-order valence-electron chi connectivity index (χ3n) is 13.6. The summed E-state index contributed by atoms with van der Waals surface area (Å²) in [7, 11) is -4.77. The molecule has 452 valence electrons. The zero-order chi connectivity index (χ0) is 56.9. The molecule has 2 N–H and O–H groups in total. The van der Waals surface area contributed by atoms with Gasteiger partial charge in [-0.05, 0) is 70.6 Å². The van der Waals surface area contributed by atoms with Crippen molar-refractivity contribution in [3.63, 3.8) is 0 Å². The van der Waals surface area contributed by atoms with Crippen LogP contribution in [0, 0.1) is 0 Å². The lowest BCUT2D eigenvalue weighted by molar-refractivity contribution is -0.161. The van der Waals surface area contributed by atoms with Crippen molar-refractivity contribution in [3.8, 4) is 0 Å². The molecule has 0 aromatic carbocycles. The monoisotopic (exact) mass is 1120 g/mol. The average Bonchev–Trinajstić information content (AvgIpc) is 3.43. The second-order valence-electron chi connectivity index (χ2n) is 21.2. The van der Waals surface area contributed by atoms with Crippen molar-refractivity contribution >= 4 is 25.7 Å². The number of unbranched alkanes of at least 4 members (excludes halogenated alkanes) is 31. The van der Waals surface area contributed by atoms with E-state index >= 15 is 0 Å². The molecule has 0 saturated carbocycles. The number of ether oxygens (including phenoxy) is 3. The van der Waals surface area contributed by atoms with E-state index in [9.17, 15) is 28.9 Å². The van der Waals surface area contributed by atoms with Gasteiger partial charge in [0.25, 0.3) is 0 Å². The highest BCUT2D eigenvalue weighted by Crippen LogP contribution is 2.43. The van der Waals surface area contributed by atoms with Gasteiger partial charge in [0.2, 0.25) is 0 Å². The molecule has 0 aliphatic rings. The van der Waals surface area contributed by atoms with E-state index in [1.54, 1.807) is 6.08 Å². The van der Waals surface area contributed by atoms with Gasteiger partial charge in [-0.2, -0.15) is 0 Å². The van der Waals surface area contributed by atoms with Crippen LogP contribution in [-0.2, 0) is 42.2 Å². The van der Waals surface area contributed by atoms with Crippen LogP contribution in [0.25, 0.3) is 0 Å². The Morgan fingerprint density at radius 3 is 1.08 bits per heavy atom. The van der Waals surface area contributed by atoms with Crippen LogP contribution in [0.5, 0.6) is 0 Å². The number of phosphoric acid groups is 1. The quantitative estimate of drug-likeness (QED) is 0.0197. The highest BCUT2D eigenvalue weighted by atomic mass is 31.2. The zero-order valence-corrected chi connectivity index (χ0v) is 51.0. The van der Waals surface area contributed by atoms with E-state index in [0.717, 1.165) is 64.2 Å². The summed E-state index contributed by atoms with van der Waals surface area (Å²) in [5.41, 5.74) is 0. The number of esters is 3. The highest BCUT2D eigenvalue weighted by molar-refractivity contribution is 7.47. The van der Waals surface area contributed by atoms with Gasteiger partial charge in [-0.25, -0.2) is 4.57 Å². The fraction of sp³-hybridized carbons (Fsp3) is 0.773. The Kier molecular flexibility index (Phi) is 57.7. The lowest BCUT2D eigenvalue weighted by Gasteiger charge is -2.21. The third kappa shape index (κ3) is 57.6. The van der Waals surface area contributed by atoms with E-state index in [-0.39, 0.29) is 25.9 Å². The van der Waals surface area contributed by atoms with E-state index in [1.165, 1.54) is 167 Å². The summed E-state index contributed by atoms with van der Waals surface area (Å²) in [5, 5.41) is 9.85. The zero-order valence-electron chi connectivity index (χ0n) is 50.1. The first-order valence-corrected chi connectivity index (χ1v) is 33.3. The van der Waals surface area contributed by atoms with Gasteiger partial charge in [0.1, 0.15) is 12.7 Å². The fourth-order valence-corrected chi connectivity index (χ4v) is 9.62. The molecule has 12 heteroatoms. The Hall–Kier alpha value is -3.08. The molecular weight excluding hydrogens is 1000 g/mol. The largest absolute Gasteiger partial charge is 0.472 e. The number of hydrogen-bond acceptors (Lipinski definition) is 10. The van der Waals surface area contributed by atoms with Crippen molar-refractivity contribution in [3.05, 3.63) is 72.9 Å². The van der Waals surface area contributed by atoms with Crippen molar-refractivity contribution in [2.45, 2.75) is 303 Å². The van der Waals surface area contributed by atoms with Crippen LogP contribution >= 0.6 is 7.82 Å². The lowest BCUT2D eigenvalue weighted by atomic mass is 10.0. The molecule has 0 aliphatic heterocycles. The molecule has 3 atom stereocenters. The van der Waals surface area contributed by atoms with Gasteiger partial charge in [0.15, 0.2) is 6.10 Å². The summed E-state index contributed by atoms with van der Waals surface area (Å²) in [5.74, 6) is -1.60. The number of hydrogen-bond donors (Lipinski definition) is 2. The van der Waals surface area contributed by atoms with Crippen molar-refractivity contribution in [1.29, 1.82) is 0 Å². The van der Waals surface area contributed by atoms with Crippen LogP contribution in [0.1, 0.15) is 290 Å². The third-order valence-corrected chi connectivity index (χ3v) is 14.6. The molecule has 0 radical (unpaired) electrons. The fourth-order valence-electron chi connectivity index (χ4n) is 8.84. The number of rotatable bonds is 59. The van der Waals surface area contributed by atoms with Gasteiger partial charge >= 0.3 is 25.7 Å². The number of allylic oxidation sites excluding steroid dienone is 11. The second kappa shape index (κ2) is 60.0. The molecule has 0 bridgehead atoms. The average molecular weight is 1120 g/mol. The Labute approximate surface area is 478 Å². The van der Waals surface area contributed by atoms with Crippen LogP contribution in [-0.4, -0.2) is 66.5 Å². The standard InChI is InChI=1S/C66H117O11P/c1-4-7-10-13-16-19-22-25-28-30-31-33-36-39-42-45-48-51-54-57-66(70)77-63(59-73-64(68)55-52-49-46-43-40-37-34-27-24-21-18-15-12-9-6-3)61-75-78(71,72)74-60-62(58-67)76-65(69)56-53-50-47-44-41-38-35-32-29-26-23-20-17-14-11-8-5-2/h9,12,18,21,25,27-28,34,40,43,49,52,62-63,67H,4-8,10-11,13-17,19-20,22-24,26,29-33,35-39,41-42,44-48,50-51,53-61H2,1-3H3,(H,71,72)/b12-9-,21-18-,28-25-,34-27-,43-40-,52-49-. The molecule has 0 heterocycles. The summed E-state index contributed by atoms with van der Waals surface area (Å²) in [6, 6.07) is 0. The minimum absolute atomic E-state index is 0.00583. The first-order chi connectivity index (χ1) is 38.2. The Morgan fingerprint density at radius 1 is 0.385 bits per heavy atom. The second-order valence-corrected chi connectivity index (χ2v) is 22.7. The Bertz CT molecular complexity index is 1590. The Balaban J connectivity index is 4.74. The number of aliphatic hydroxyl groups excluding tert-OH is 1. The molecule has 3 unspecified atom stereocenters. The van der Waals surface area contributed by atoms with E-state index in [2.05, 4.69) is 75.5 Å². The maximum Gasteiger partial charge on any atom is 0.472 e. The van der Waals surface area contributed by atoms with Crippen molar-refractivity contribution < 1.29 is 52.2 Å². The molecule has 0 amide bonds. The van der Waals surface area contributed by atoms with Crippen LogP contribution in [0.15, 0.2) is 72.9 Å². The number of carbonyl (C=O) groups excluding carboxylic acids is 3. The predicted molar refractivity (Wildman–Crippen MR) is 325 cm³/mol. The summed E-state index contributed by atoms with van der Waals surface area (Å²) < 4.78 is 39.5. The Morgan fingerprint density at radius 2 is 0.705 bits per heavy atom. The summed E-state index contributed by atoms with van der Waals surface area (Å²) in [6.07, 6.45) is 68.9. The normalized spacial score (nSPS) is 13.8. The molecule has 78 heavy (non-hydrogen) atoms. The predicted octanol–water partition coefficient (Wildman–Crippen LogP) is 19.3. The molecule has 0 aromatic heterocycles. The van der Waals surface area contributed by atoms with Crippen LogP contribution in [0.2, 0.25) is 0 Å². The van der Waals surface area contributed by atoms with Gasteiger partial charge < -0.3 is 24.2 Å². The number of aliphatic hydroxyl groups is 1. The van der Waals surface area contributed by atoms with Crippen LogP contribution in [0.4, 0.5) is 0 Å². The molecule has 0 spiro atoms. The maximum atomic E-state index is 12.9. The minimum Gasteiger partial charge on any atom is -0.461 e. The van der Waals surface area contributed by atoms with Crippen LogP contribution < -0.4 is 0 Å². The molecule has 0 aromatic rings. The van der Waals surface area contributed by atoms with Crippen LogP contribution in [0.3, 0.4) is 0 Å². The highest BCUT2D eigenvalue weighted by Gasteiger charge is 2.28. The lowest BCUT2D eigenvalue weighted by Crippen LogP contribution is -2.30. The number of phosphoric ester groups is 1. The molecule has 0 rings (SSSR count). The number of carbonyl (C=O) groups is 3. The molecule has 0 fully saturated rings. The van der Waals surface area contributed by atoms with Gasteiger partial charge in [-0.15, -0.1) is 0 Å². The van der Waals surface area contributed by atoms with E-state index in [4.69, 9.17) is 23.3 Å². The van der Waals surface area contributed by atoms with Gasteiger partial charge in [-0.1, -0.05) is 273 Å². The summed E-state index contributed by atoms with van der Waals surface area (Å²) in [4.78, 5) is 48.6. The van der Waals surface area contributed by atoms with E-state index < -0.39 is 57.8 Å². The van der Waals surface area contributed by atoms with Crippen molar-refractivity contribution in [1.82, 2.24) is 0 Å².